The summed E-state index contributed by atoms with van der Waals surface area (Å²) >= 11 is 0. The van der Waals surface area contributed by atoms with Crippen LogP contribution in [-0.2, 0) is 11.2 Å². The van der Waals surface area contributed by atoms with Gasteiger partial charge in [0.25, 0.3) is 0 Å². The predicted molar refractivity (Wildman–Crippen MR) is 105 cm³/mol. The molecule has 0 spiro atoms. The van der Waals surface area contributed by atoms with Crippen LogP contribution in [0.25, 0.3) is 0 Å². The quantitative estimate of drug-likeness (QED) is 0.831. The molecule has 0 fully saturated rings. The number of carbonyl (C=O) groups excluding carboxylic acids is 1. The number of likely N-dealkylation sites (N-methyl/N-ethyl adjacent to an activating group) is 1. The molecule has 1 atom stereocenters. The van der Waals surface area contributed by atoms with Crippen molar-refractivity contribution in [3.05, 3.63) is 59.7 Å². The smallest absolute Gasteiger partial charge is 0.240 e. The highest BCUT2D eigenvalue weighted by atomic mass is 16.5. The standard InChI is InChI=1S/C21H27N3O2/c1-23(2)20(17-8-10-18(26-3)11-9-17)14-22-15-21(25)24-13-12-16-6-4-5-7-19(16)24/h4-11,20,22H,12-15H2,1-3H3/t20-/m0/s1. The molecule has 0 aliphatic carbocycles. The number of anilines is 1. The van der Waals surface area contributed by atoms with Crippen molar-refractivity contribution in [1.82, 2.24) is 10.2 Å². The Labute approximate surface area is 155 Å². The number of rotatable bonds is 7. The summed E-state index contributed by atoms with van der Waals surface area (Å²) in [5.74, 6) is 0.976. The van der Waals surface area contributed by atoms with Gasteiger partial charge in [0.1, 0.15) is 5.75 Å². The molecule has 2 aromatic rings. The summed E-state index contributed by atoms with van der Waals surface area (Å²) in [7, 11) is 5.77. The third-order valence-electron chi connectivity index (χ3n) is 4.93. The van der Waals surface area contributed by atoms with Gasteiger partial charge in [-0.2, -0.15) is 0 Å². The van der Waals surface area contributed by atoms with Crippen LogP contribution in [0.2, 0.25) is 0 Å². The maximum Gasteiger partial charge on any atom is 0.240 e. The maximum atomic E-state index is 12.6. The number of methoxy groups -OCH3 is 1. The van der Waals surface area contributed by atoms with Gasteiger partial charge in [-0.15, -0.1) is 0 Å². The number of amides is 1. The molecule has 1 N–H and O–H groups in total. The van der Waals surface area contributed by atoms with Crippen molar-refractivity contribution in [2.45, 2.75) is 12.5 Å². The van der Waals surface area contributed by atoms with E-state index in [2.05, 4.69) is 42.5 Å². The second-order valence-corrected chi connectivity index (χ2v) is 6.81. The van der Waals surface area contributed by atoms with Gasteiger partial charge in [-0.3, -0.25) is 4.79 Å². The van der Waals surface area contributed by atoms with Gasteiger partial charge in [-0.1, -0.05) is 30.3 Å². The molecule has 0 radical (unpaired) electrons. The van der Waals surface area contributed by atoms with Crippen molar-refractivity contribution >= 4 is 11.6 Å². The summed E-state index contributed by atoms with van der Waals surface area (Å²) in [6, 6.07) is 16.4. The number of para-hydroxylation sites is 1. The third kappa shape index (κ3) is 4.06. The molecular weight excluding hydrogens is 326 g/mol. The minimum absolute atomic E-state index is 0.127. The molecule has 1 aliphatic rings. The second-order valence-electron chi connectivity index (χ2n) is 6.81. The molecule has 26 heavy (non-hydrogen) atoms. The van der Waals surface area contributed by atoms with E-state index in [-0.39, 0.29) is 11.9 Å². The van der Waals surface area contributed by atoms with E-state index in [1.165, 1.54) is 11.1 Å². The van der Waals surface area contributed by atoms with E-state index in [9.17, 15) is 4.79 Å². The van der Waals surface area contributed by atoms with E-state index in [4.69, 9.17) is 4.74 Å². The lowest BCUT2D eigenvalue weighted by atomic mass is 10.1. The molecule has 2 aromatic carbocycles. The molecule has 0 bridgehead atoms. The topological polar surface area (TPSA) is 44.8 Å². The first kappa shape index (κ1) is 18.4. The Hall–Kier alpha value is -2.37. The summed E-state index contributed by atoms with van der Waals surface area (Å²) in [5, 5.41) is 3.34. The zero-order valence-electron chi connectivity index (χ0n) is 15.7. The van der Waals surface area contributed by atoms with Gasteiger partial charge in [0.15, 0.2) is 0 Å². The summed E-state index contributed by atoms with van der Waals surface area (Å²) in [6.07, 6.45) is 0.939. The molecule has 5 nitrogen and oxygen atoms in total. The Bertz CT molecular complexity index is 743. The Morgan fingerprint density at radius 3 is 2.62 bits per heavy atom. The summed E-state index contributed by atoms with van der Waals surface area (Å²) in [6.45, 7) is 1.82. The number of nitrogens with zero attached hydrogens (tertiary/aromatic N) is 2. The van der Waals surface area contributed by atoms with Crippen molar-refractivity contribution < 1.29 is 9.53 Å². The van der Waals surface area contributed by atoms with E-state index in [0.29, 0.717) is 13.1 Å². The van der Waals surface area contributed by atoms with Crippen molar-refractivity contribution in [2.24, 2.45) is 0 Å². The minimum Gasteiger partial charge on any atom is -0.497 e. The molecule has 0 saturated heterocycles. The van der Waals surface area contributed by atoms with Crippen LogP contribution in [-0.4, -0.2) is 51.6 Å². The summed E-state index contributed by atoms with van der Waals surface area (Å²) in [5.41, 5.74) is 3.51. The van der Waals surface area contributed by atoms with Crippen molar-refractivity contribution in [3.63, 3.8) is 0 Å². The zero-order valence-corrected chi connectivity index (χ0v) is 15.7. The van der Waals surface area contributed by atoms with Gasteiger partial charge >= 0.3 is 0 Å². The van der Waals surface area contributed by atoms with Gasteiger partial charge in [0.05, 0.1) is 13.7 Å². The van der Waals surface area contributed by atoms with Crippen LogP contribution in [0.1, 0.15) is 17.2 Å². The highest BCUT2D eigenvalue weighted by Gasteiger charge is 2.24. The monoisotopic (exact) mass is 353 g/mol. The van der Waals surface area contributed by atoms with Crippen molar-refractivity contribution in [3.8, 4) is 5.75 Å². The van der Waals surface area contributed by atoms with E-state index in [1.807, 2.05) is 35.2 Å². The lowest BCUT2D eigenvalue weighted by Crippen LogP contribution is -2.40. The molecule has 0 saturated carbocycles. The fraction of sp³-hybridized carbons (Fsp3) is 0.381. The van der Waals surface area contributed by atoms with Crippen LogP contribution in [0.5, 0.6) is 5.75 Å². The first-order chi connectivity index (χ1) is 12.6. The summed E-state index contributed by atoms with van der Waals surface area (Å²) < 4.78 is 5.23. The van der Waals surface area contributed by atoms with Crippen LogP contribution in [0.3, 0.4) is 0 Å². The Morgan fingerprint density at radius 2 is 1.92 bits per heavy atom. The Kier molecular flexibility index (Phi) is 5.91. The minimum atomic E-state index is 0.127. The molecule has 3 rings (SSSR count). The lowest BCUT2D eigenvalue weighted by molar-refractivity contribution is -0.117. The van der Waals surface area contributed by atoms with Crippen LogP contribution < -0.4 is 15.0 Å². The molecule has 1 heterocycles. The number of hydrogen-bond donors (Lipinski definition) is 1. The van der Waals surface area contributed by atoms with Crippen molar-refractivity contribution in [1.29, 1.82) is 0 Å². The molecule has 1 amide bonds. The normalized spacial score (nSPS) is 14.4. The molecule has 0 aromatic heterocycles. The van der Waals surface area contributed by atoms with Crippen LogP contribution in [0.15, 0.2) is 48.5 Å². The first-order valence-corrected chi connectivity index (χ1v) is 8.99. The molecule has 5 heteroatoms. The van der Waals surface area contributed by atoms with Gasteiger partial charge in [-0.05, 0) is 49.8 Å². The van der Waals surface area contributed by atoms with E-state index in [1.54, 1.807) is 7.11 Å². The van der Waals surface area contributed by atoms with Crippen molar-refractivity contribution in [2.75, 3.05) is 45.7 Å². The predicted octanol–water partition coefficient (Wildman–Crippen LogP) is 2.48. The van der Waals surface area contributed by atoms with Gasteiger partial charge in [-0.25, -0.2) is 0 Å². The first-order valence-electron chi connectivity index (χ1n) is 8.99. The van der Waals surface area contributed by atoms with E-state index < -0.39 is 0 Å². The van der Waals surface area contributed by atoms with Crippen LogP contribution in [0, 0.1) is 0 Å². The number of benzene rings is 2. The Morgan fingerprint density at radius 1 is 1.19 bits per heavy atom. The average Bonchev–Trinajstić information content (AvgIpc) is 3.09. The number of fused-ring (bicyclic) bond motifs is 1. The molecule has 1 aliphatic heterocycles. The fourth-order valence-electron chi connectivity index (χ4n) is 3.43. The van der Waals surface area contributed by atoms with Gasteiger partial charge in [0.2, 0.25) is 5.91 Å². The SMILES string of the molecule is COc1ccc([C@H](CNCC(=O)N2CCc3ccccc32)N(C)C)cc1. The molecule has 138 valence electrons. The highest BCUT2D eigenvalue weighted by molar-refractivity contribution is 5.96. The second kappa shape index (κ2) is 8.34. The van der Waals surface area contributed by atoms with Crippen LogP contribution >= 0.6 is 0 Å². The molecule has 0 unspecified atom stereocenters. The largest absolute Gasteiger partial charge is 0.497 e. The maximum absolute atomic E-state index is 12.6. The zero-order chi connectivity index (χ0) is 18.5. The number of nitrogens with one attached hydrogen (secondary N) is 1. The van der Waals surface area contributed by atoms with E-state index >= 15 is 0 Å². The Balaban J connectivity index is 1.57. The van der Waals surface area contributed by atoms with Gasteiger partial charge < -0.3 is 19.9 Å². The fourth-order valence-corrected chi connectivity index (χ4v) is 3.43. The van der Waals surface area contributed by atoms with Crippen LogP contribution in [0.4, 0.5) is 5.69 Å². The number of hydrogen-bond acceptors (Lipinski definition) is 4. The number of carbonyl (C=O) groups is 1. The summed E-state index contributed by atoms with van der Waals surface area (Å²) in [4.78, 5) is 16.7. The lowest BCUT2D eigenvalue weighted by Gasteiger charge is -2.26. The average molecular weight is 353 g/mol. The van der Waals surface area contributed by atoms with E-state index in [0.717, 1.165) is 24.4 Å². The number of ether oxygens (including phenoxy) is 1. The highest BCUT2D eigenvalue weighted by Crippen LogP contribution is 2.27. The third-order valence-corrected chi connectivity index (χ3v) is 4.93. The molecular formula is C21H27N3O2. The van der Waals surface area contributed by atoms with Gasteiger partial charge in [0, 0.05) is 24.8 Å².